The van der Waals surface area contributed by atoms with E-state index in [4.69, 9.17) is 5.11 Å². The van der Waals surface area contributed by atoms with Gasteiger partial charge in [-0.25, -0.2) is 0 Å². The summed E-state index contributed by atoms with van der Waals surface area (Å²) >= 11 is 1.90. The molecule has 0 fully saturated rings. The van der Waals surface area contributed by atoms with Gasteiger partial charge in [0.1, 0.15) is 0 Å². The lowest BCUT2D eigenvalue weighted by Gasteiger charge is -2.04. The highest BCUT2D eigenvalue weighted by atomic mass is 32.2. The first-order chi connectivity index (χ1) is 7.93. The zero-order valence-corrected chi connectivity index (χ0v) is 10.5. The summed E-state index contributed by atoms with van der Waals surface area (Å²) in [5, 5.41) is 12.0. The maximum absolute atomic E-state index is 8.60. The Morgan fingerprint density at radius 1 is 1.06 bits per heavy atom. The molecular formula is C13H21NOS. The normalized spacial score (nSPS) is 10.6. The number of aliphatic hydroxyl groups is 1. The zero-order valence-electron chi connectivity index (χ0n) is 9.69. The highest BCUT2D eigenvalue weighted by molar-refractivity contribution is 7.99. The van der Waals surface area contributed by atoms with Crippen LogP contribution in [0.1, 0.15) is 12.0 Å². The van der Waals surface area contributed by atoms with E-state index in [1.807, 2.05) is 11.8 Å². The van der Waals surface area contributed by atoms with Gasteiger partial charge in [-0.3, -0.25) is 0 Å². The fourth-order valence-corrected chi connectivity index (χ4v) is 2.24. The molecule has 16 heavy (non-hydrogen) atoms. The lowest BCUT2D eigenvalue weighted by molar-refractivity contribution is 0.296. The summed E-state index contributed by atoms with van der Waals surface area (Å²) in [5.74, 6) is 2.20. The maximum atomic E-state index is 8.60. The molecule has 0 aromatic heterocycles. The molecule has 0 saturated carbocycles. The topological polar surface area (TPSA) is 32.3 Å². The molecular weight excluding hydrogens is 218 g/mol. The van der Waals surface area contributed by atoms with Crippen LogP contribution in [0.25, 0.3) is 0 Å². The van der Waals surface area contributed by atoms with Crippen LogP contribution in [0.15, 0.2) is 30.3 Å². The third-order valence-corrected chi connectivity index (χ3v) is 3.37. The summed E-state index contributed by atoms with van der Waals surface area (Å²) in [4.78, 5) is 0. The number of thioether (sulfide) groups is 1. The molecule has 0 radical (unpaired) electrons. The van der Waals surface area contributed by atoms with Crippen LogP contribution >= 0.6 is 11.8 Å². The van der Waals surface area contributed by atoms with Crippen molar-refractivity contribution in [1.29, 1.82) is 0 Å². The summed E-state index contributed by atoms with van der Waals surface area (Å²) in [6, 6.07) is 10.5. The van der Waals surface area contributed by atoms with Crippen LogP contribution in [0.4, 0.5) is 0 Å². The lowest BCUT2D eigenvalue weighted by atomic mass is 10.1. The Kier molecular flexibility index (Phi) is 8.22. The number of rotatable bonds is 9. The quantitative estimate of drug-likeness (QED) is 0.646. The molecule has 0 spiro atoms. The van der Waals surface area contributed by atoms with E-state index in [9.17, 15) is 0 Å². The van der Waals surface area contributed by atoms with Gasteiger partial charge in [0.15, 0.2) is 0 Å². The van der Waals surface area contributed by atoms with Crippen LogP contribution < -0.4 is 5.32 Å². The second-order valence-electron chi connectivity index (χ2n) is 3.68. The lowest BCUT2D eigenvalue weighted by Crippen LogP contribution is -2.20. The Hall–Kier alpha value is -0.510. The summed E-state index contributed by atoms with van der Waals surface area (Å²) in [7, 11) is 0. The minimum atomic E-state index is 0.314. The van der Waals surface area contributed by atoms with Crippen LogP contribution in [-0.2, 0) is 6.42 Å². The highest BCUT2D eigenvalue weighted by Gasteiger charge is 1.92. The highest BCUT2D eigenvalue weighted by Crippen LogP contribution is 2.00. The van der Waals surface area contributed by atoms with E-state index in [0.717, 1.165) is 37.4 Å². The maximum Gasteiger partial charge on any atom is 0.0438 e. The third kappa shape index (κ3) is 6.88. The molecule has 0 bridgehead atoms. The van der Waals surface area contributed by atoms with Crippen molar-refractivity contribution in [1.82, 2.24) is 5.32 Å². The molecule has 0 saturated heterocycles. The van der Waals surface area contributed by atoms with Crippen LogP contribution in [0.2, 0.25) is 0 Å². The Morgan fingerprint density at radius 2 is 1.88 bits per heavy atom. The average molecular weight is 239 g/mol. The van der Waals surface area contributed by atoms with Crippen molar-refractivity contribution in [2.24, 2.45) is 0 Å². The molecule has 2 N–H and O–H groups in total. The number of hydrogen-bond acceptors (Lipinski definition) is 3. The molecule has 1 aromatic carbocycles. The van der Waals surface area contributed by atoms with Crippen molar-refractivity contribution in [3.63, 3.8) is 0 Å². The average Bonchev–Trinajstić information content (AvgIpc) is 2.34. The van der Waals surface area contributed by atoms with E-state index in [1.165, 1.54) is 5.56 Å². The number of aliphatic hydroxyl groups excluding tert-OH is 1. The summed E-state index contributed by atoms with van der Waals surface area (Å²) in [6.45, 7) is 2.42. The standard InChI is InChI=1S/C13H21NOS/c15-10-4-11-16-12-9-14-8-7-13-5-2-1-3-6-13/h1-3,5-6,14-15H,4,7-12H2. The predicted molar refractivity (Wildman–Crippen MR) is 72.0 cm³/mol. The Labute approximate surface area is 102 Å². The van der Waals surface area contributed by atoms with E-state index in [0.29, 0.717) is 6.61 Å². The molecule has 0 aliphatic carbocycles. The van der Waals surface area contributed by atoms with Crippen molar-refractivity contribution >= 4 is 11.8 Å². The van der Waals surface area contributed by atoms with Crippen molar-refractivity contribution in [3.05, 3.63) is 35.9 Å². The molecule has 90 valence electrons. The number of hydrogen-bond donors (Lipinski definition) is 2. The van der Waals surface area contributed by atoms with Gasteiger partial charge in [-0.1, -0.05) is 30.3 Å². The first-order valence-electron chi connectivity index (χ1n) is 5.86. The second-order valence-corrected chi connectivity index (χ2v) is 4.90. The van der Waals surface area contributed by atoms with Gasteiger partial charge in [-0.15, -0.1) is 0 Å². The van der Waals surface area contributed by atoms with Crippen LogP contribution in [-0.4, -0.2) is 36.3 Å². The predicted octanol–water partition coefficient (Wildman–Crippen LogP) is 1.93. The largest absolute Gasteiger partial charge is 0.396 e. The molecule has 0 atom stereocenters. The van der Waals surface area contributed by atoms with Crippen molar-refractivity contribution in [3.8, 4) is 0 Å². The van der Waals surface area contributed by atoms with Crippen molar-refractivity contribution in [2.45, 2.75) is 12.8 Å². The first kappa shape index (κ1) is 13.6. The van der Waals surface area contributed by atoms with Crippen LogP contribution in [0.3, 0.4) is 0 Å². The van der Waals surface area contributed by atoms with Crippen LogP contribution in [0, 0.1) is 0 Å². The van der Waals surface area contributed by atoms with Crippen LogP contribution in [0.5, 0.6) is 0 Å². The molecule has 0 amide bonds. The van der Waals surface area contributed by atoms with Gasteiger partial charge in [0.2, 0.25) is 0 Å². The minimum absolute atomic E-state index is 0.314. The van der Waals surface area contributed by atoms with E-state index in [2.05, 4.69) is 35.6 Å². The smallest absolute Gasteiger partial charge is 0.0438 e. The monoisotopic (exact) mass is 239 g/mol. The van der Waals surface area contributed by atoms with Crippen molar-refractivity contribution in [2.75, 3.05) is 31.2 Å². The minimum Gasteiger partial charge on any atom is -0.396 e. The number of benzene rings is 1. The van der Waals surface area contributed by atoms with Gasteiger partial charge in [-0.05, 0) is 30.7 Å². The molecule has 0 aliphatic heterocycles. The molecule has 0 aliphatic rings. The Morgan fingerprint density at radius 3 is 2.62 bits per heavy atom. The van der Waals surface area contributed by atoms with Gasteiger partial charge >= 0.3 is 0 Å². The fourth-order valence-electron chi connectivity index (χ4n) is 1.42. The van der Waals surface area contributed by atoms with E-state index < -0.39 is 0 Å². The number of nitrogens with one attached hydrogen (secondary N) is 1. The van der Waals surface area contributed by atoms with Crippen molar-refractivity contribution < 1.29 is 5.11 Å². The SMILES string of the molecule is OCCCSCCNCCc1ccccc1. The zero-order chi connectivity index (χ0) is 11.5. The molecule has 0 unspecified atom stereocenters. The summed E-state index contributed by atoms with van der Waals surface area (Å²) < 4.78 is 0. The second kappa shape index (κ2) is 9.70. The first-order valence-corrected chi connectivity index (χ1v) is 7.02. The fraction of sp³-hybridized carbons (Fsp3) is 0.538. The van der Waals surface area contributed by atoms with E-state index in [-0.39, 0.29) is 0 Å². The third-order valence-electron chi connectivity index (χ3n) is 2.30. The van der Waals surface area contributed by atoms with Gasteiger partial charge in [0.25, 0.3) is 0 Å². The Balaban J connectivity index is 1.89. The summed E-state index contributed by atoms with van der Waals surface area (Å²) in [6.07, 6.45) is 2.01. The van der Waals surface area contributed by atoms with E-state index >= 15 is 0 Å². The summed E-state index contributed by atoms with van der Waals surface area (Å²) in [5.41, 5.74) is 1.39. The molecule has 1 aromatic rings. The Bertz CT molecular complexity index is 253. The molecule has 3 heteroatoms. The van der Waals surface area contributed by atoms with Gasteiger partial charge in [0.05, 0.1) is 0 Å². The van der Waals surface area contributed by atoms with Gasteiger partial charge < -0.3 is 10.4 Å². The van der Waals surface area contributed by atoms with Gasteiger partial charge in [0, 0.05) is 18.9 Å². The molecule has 1 rings (SSSR count). The van der Waals surface area contributed by atoms with E-state index in [1.54, 1.807) is 0 Å². The molecule has 0 heterocycles. The molecule has 2 nitrogen and oxygen atoms in total. The van der Waals surface area contributed by atoms with Gasteiger partial charge in [-0.2, -0.15) is 11.8 Å².